The van der Waals surface area contributed by atoms with Gasteiger partial charge in [0.2, 0.25) is 0 Å². The molecule has 0 aromatic carbocycles. The molecule has 0 saturated heterocycles. The maximum absolute atomic E-state index is 11.7. The summed E-state index contributed by atoms with van der Waals surface area (Å²) >= 11 is 0. The summed E-state index contributed by atoms with van der Waals surface area (Å²) in [6.07, 6.45) is 8.70. The third kappa shape index (κ3) is 3.99. The Morgan fingerprint density at radius 2 is 2.29 bits per heavy atom. The van der Waals surface area contributed by atoms with E-state index in [1.54, 1.807) is 0 Å². The molecule has 0 fully saturated rings. The molecule has 0 bridgehead atoms. The van der Waals surface area contributed by atoms with Crippen molar-refractivity contribution < 1.29 is 14.3 Å². The minimum atomic E-state index is -0.154. The van der Waals surface area contributed by atoms with Crippen LogP contribution in [0.5, 0.6) is 0 Å². The van der Waals surface area contributed by atoms with Gasteiger partial charge in [-0.1, -0.05) is 18.6 Å². The summed E-state index contributed by atoms with van der Waals surface area (Å²) in [5.41, 5.74) is 1.21. The molecule has 1 aliphatic rings. The molecule has 17 heavy (non-hydrogen) atoms. The van der Waals surface area contributed by atoms with Gasteiger partial charge in [0.1, 0.15) is 6.29 Å². The SMILES string of the molecule is CCC(C=O)CCC(C(=O)OC)C1=CCCC1. The highest BCUT2D eigenvalue weighted by Gasteiger charge is 2.25. The zero-order valence-electron chi connectivity index (χ0n) is 10.8. The van der Waals surface area contributed by atoms with Gasteiger partial charge in [-0.05, 0) is 38.5 Å². The summed E-state index contributed by atoms with van der Waals surface area (Å²) in [6.45, 7) is 2.00. The summed E-state index contributed by atoms with van der Waals surface area (Å²) in [5.74, 6) is -0.209. The fraction of sp³-hybridized carbons (Fsp3) is 0.714. The van der Waals surface area contributed by atoms with Crippen LogP contribution in [0.1, 0.15) is 45.4 Å². The van der Waals surface area contributed by atoms with Gasteiger partial charge in [-0.2, -0.15) is 0 Å². The highest BCUT2D eigenvalue weighted by molar-refractivity contribution is 5.75. The molecule has 0 N–H and O–H groups in total. The molecule has 2 atom stereocenters. The fourth-order valence-electron chi connectivity index (χ4n) is 2.36. The minimum Gasteiger partial charge on any atom is -0.469 e. The van der Waals surface area contributed by atoms with E-state index in [9.17, 15) is 9.59 Å². The highest BCUT2D eigenvalue weighted by atomic mass is 16.5. The molecule has 0 heterocycles. The molecular weight excluding hydrogens is 216 g/mol. The summed E-state index contributed by atoms with van der Waals surface area (Å²) in [4.78, 5) is 22.5. The van der Waals surface area contributed by atoms with Crippen molar-refractivity contribution in [1.29, 1.82) is 0 Å². The zero-order chi connectivity index (χ0) is 12.7. The molecule has 3 heteroatoms. The number of hydrogen-bond donors (Lipinski definition) is 0. The molecule has 0 radical (unpaired) electrons. The van der Waals surface area contributed by atoms with Gasteiger partial charge in [0.25, 0.3) is 0 Å². The van der Waals surface area contributed by atoms with E-state index >= 15 is 0 Å². The van der Waals surface area contributed by atoms with Crippen LogP contribution < -0.4 is 0 Å². The first-order valence-electron chi connectivity index (χ1n) is 6.45. The molecule has 0 spiro atoms. The molecule has 1 aliphatic carbocycles. The standard InChI is InChI=1S/C14H22O3/c1-3-11(10-15)8-9-13(14(16)17-2)12-6-4-5-7-12/h6,10-11,13H,3-5,7-9H2,1-2H3. The molecule has 0 aromatic rings. The smallest absolute Gasteiger partial charge is 0.312 e. The number of hydrogen-bond acceptors (Lipinski definition) is 3. The molecule has 0 aliphatic heterocycles. The van der Waals surface area contributed by atoms with E-state index in [1.807, 2.05) is 6.92 Å². The van der Waals surface area contributed by atoms with Gasteiger partial charge < -0.3 is 9.53 Å². The summed E-state index contributed by atoms with van der Waals surface area (Å²) in [6, 6.07) is 0. The van der Waals surface area contributed by atoms with Crippen LogP contribution in [-0.4, -0.2) is 19.4 Å². The van der Waals surface area contributed by atoms with Crippen molar-refractivity contribution in [2.24, 2.45) is 11.8 Å². The second kappa shape index (κ2) is 7.25. The van der Waals surface area contributed by atoms with Crippen molar-refractivity contribution in [3.8, 4) is 0 Å². The van der Waals surface area contributed by atoms with Crippen molar-refractivity contribution in [3.63, 3.8) is 0 Å². The van der Waals surface area contributed by atoms with Crippen LogP contribution in [0, 0.1) is 11.8 Å². The summed E-state index contributed by atoms with van der Waals surface area (Å²) in [5, 5.41) is 0. The van der Waals surface area contributed by atoms with E-state index in [0.717, 1.165) is 44.8 Å². The Morgan fingerprint density at radius 3 is 2.76 bits per heavy atom. The van der Waals surface area contributed by atoms with Crippen molar-refractivity contribution in [2.75, 3.05) is 7.11 Å². The Balaban J connectivity index is 2.57. The molecule has 0 amide bonds. The Labute approximate surface area is 103 Å². The fourth-order valence-corrected chi connectivity index (χ4v) is 2.36. The number of ether oxygens (including phenoxy) is 1. The normalized spacial score (nSPS) is 18.4. The monoisotopic (exact) mass is 238 g/mol. The number of methoxy groups -OCH3 is 1. The van der Waals surface area contributed by atoms with Crippen molar-refractivity contribution in [3.05, 3.63) is 11.6 Å². The molecule has 0 saturated carbocycles. The minimum absolute atomic E-state index is 0.0733. The van der Waals surface area contributed by atoms with Gasteiger partial charge in [0.15, 0.2) is 0 Å². The maximum Gasteiger partial charge on any atom is 0.312 e. The quantitative estimate of drug-likeness (QED) is 0.389. The van der Waals surface area contributed by atoms with Crippen LogP contribution in [-0.2, 0) is 14.3 Å². The number of rotatable bonds is 7. The van der Waals surface area contributed by atoms with E-state index in [4.69, 9.17) is 4.74 Å². The molecule has 2 unspecified atom stereocenters. The van der Waals surface area contributed by atoms with E-state index < -0.39 is 0 Å². The lowest BCUT2D eigenvalue weighted by Crippen LogP contribution is -2.19. The summed E-state index contributed by atoms with van der Waals surface area (Å²) < 4.78 is 4.86. The van der Waals surface area contributed by atoms with Crippen LogP contribution in [0.2, 0.25) is 0 Å². The van der Waals surface area contributed by atoms with Gasteiger partial charge in [-0.25, -0.2) is 0 Å². The van der Waals surface area contributed by atoms with Crippen LogP contribution in [0.3, 0.4) is 0 Å². The molecular formula is C14H22O3. The van der Waals surface area contributed by atoms with Crippen molar-refractivity contribution in [1.82, 2.24) is 0 Å². The second-order valence-corrected chi connectivity index (χ2v) is 4.63. The predicted molar refractivity (Wildman–Crippen MR) is 66.5 cm³/mol. The van der Waals surface area contributed by atoms with E-state index in [0.29, 0.717) is 0 Å². The molecule has 96 valence electrons. The van der Waals surface area contributed by atoms with E-state index in [1.165, 1.54) is 12.7 Å². The van der Waals surface area contributed by atoms with Crippen molar-refractivity contribution >= 4 is 12.3 Å². The third-order valence-corrected chi connectivity index (χ3v) is 3.55. The van der Waals surface area contributed by atoms with Crippen LogP contribution in [0.4, 0.5) is 0 Å². The molecule has 3 nitrogen and oxygen atoms in total. The predicted octanol–water partition coefficient (Wildman–Crippen LogP) is 2.89. The van der Waals surface area contributed by atoms with E-state index in [2.05, 4.69) is 6.08 Å². The van der Waals surface area contributed by atoms with E-state index in [-0.39, 0.29) is 17.8 Å². The Hall–Kier alpha value is -1.12. The largest absolute Gasteiger partial charge is 0.469 e. The Kier molecular flexibility index (Phi) is 5.95. The lowest BCUT2D eigenvalue weighted by molar-refractivity contribution is -0.144. The third-order valence-electron chi connectivity index (χ3n) is 3.55. The Bertz CT molecular complexity index is 294. The molecule has 1 rings (SSSR count). The topological polar surface area (TPSA) is 43.4 Å². The van der Waals surface area contributed by atoms with Crippen LogP contribution >= 0.6 is 0 Å². The summed E-state index contributed by atoms with van der Waals surface area (Å²) in [7, 11) is 1.43. The number of esters is 1. The van der Waals surface area contributed by atoms with Crippen LogP contribution in [0.15, 0.2) is 11.6 Å². The number of aldehydes is 1. The average molecular weight is 238 g/mol. The van der Waals surface area contributed by atoms with Gasteiger partial charge in [0.05, 0.1) is 13.0 Å². The van der Waals surface area contributed by atoms with Crippen molar-refractivity contribution in [2.45, 2.75) is 45.4 Å². The molecule has 0 aromatic heterocycles. The van der Waals surface area contributed by atoms with Gasteiger partial charge in [-0.3, -0.25) is 4.79 Å². The maximum atomic E-state index is 11.7. The number of carbonyl (C=O) groups excluding carboxylic acids is 2. The second-order valence-electron chi connectivity index (χ2n) is 4.63. The number of allylic oxidation sites excluding steroid dienone is 1. The van der Waals surface area contributed by atoms with Crippen LogP contribution in [0.25, 0.3) is 0 Å². The first-order valence-corrected chi connectivity index (χ1v) is 6.45. The van der Waals surface area contributed by atoms with Gasteiger partial charge in [0, 0.05) is 5.92 Å². The first-order chi connectivity index (χ1) is 8.22. The lowest BCUT2D eigenvalue weighted by Gasteiger charge is -2.17. The zero-order valence-corrected chi connectivity index (χ0v) is 10.8. The highest BCUT2D eigenvalue weighted by Crippen LogP contribution is 2.30. The van der Waals surface area contributed by atoms with Gasteiger partial charge in [-0.15, -0.1) is 0 Å². The Morgan fingerprint density at radius 1 is 1.53 bits per heavy atom. The first kappa shape index (κ1) is 13.9. The van der Waals surface area contributed by atoms with Gasteiger partial charge >= 0.3 is 5.97 Å². The number of carbonyl (C=O) groups is 2. The average Bonchev–Trinajstić information content (AvgIpc) is 2.87. The lowest BCUT2D eigenvalue weighted by atomic mass is 9.89.